The number of pyridine rings is 1. The predicted octanol–water partition coefficient (Wildman–Crippen LogP) is 6.89. The first-order valence-electron chi connectivity index (χ1n) is 12.0. The Morgan fingerprint density at radius 2 is 1.84 bits per heavy atom. The van der Waals surface area contributed by atoms with Crippen LogP contribution in [0.2, 0.25) is 0 Å². The summed E-state index contributed by atoms with van der Waals surface area (Å²) in [5, 5.41) is 14.4. The molecule has 180 valence electrons. The van der Waals surface area contributed by atoms with E-state index in [1.165, 1.54) is 11.3 Å². The molecule has 0 fully saturated rings. The van der Waals surface area contributed by atoms with Crippen LogP contribution in [0.5, 0.6) is 0 Å². The van der Waals surface area contributed by atoms with Crippen LogP contribution in [0.3, 0.4) is 0 Å². The second kappa shape index (κ2) is 9.79. The van der Waals surface area contributed by atoms with Gasteiger partial charge in [0.2, 0.25) is 5.91 Å². The van der Waals surface area contributed by atoms with Crippen LogP contribution < -0.4 is 5.32 Å². The molecule has 0 radical (unpaired) electrons. The fourth-order valence-electron chi connectivity index (χ4n) is 4.45. The van der Waals surface area contributed by atoms with Crippen molar-refractivity contribution in [3.8, 4) is 10.4 Å². The van der Waals surface area contributed by atoms with Crippen molar-refractivity contribution in [3.63, 3.8) is 0 Å². The summed E-state index contributed by atoms with van der Waals surface area (Å²) >= 11 is 1.48. The minimum Gasteiger partial charge on any atom is -0.302 e. The highest BCUT2D eigenvalue weighted by atomic mass is 32.1. The maximum atomic E-state index is 12.9. The second-order valence-corrected chi connectivity index (χ2v) is 9.75. The number of aromatic amines is 1. The van der Waals surface area contributed by atoms with Gasteiger partial charge in [-0.05, 0) is 65.2 Å². The topological polar surface area (TPSA) is 83.6 Å². The van der Waals surface area contributed by atoms with E-state index >= 15 is 0 Å². The van der Waals surface area contributed by atoms with Crippen molar-refractivity contribution in [1.29, 1.82) is 0 Å². The Bertz CT molecular complexity index is 1760. The van der Waals surface area contributed by atoms with E-state index in [2.05, 4.69) is 61.9 Å². The molecule has 6 rings (SSSR count). The average molecular weight is 502 g/mol. The van der Waals surface area contributed by atoms with Gasteiger partial charge in [0.05, 0.1) is 33.9 Å². The van der Waals surface area contributed by atoms with Crippen molar-refractivity contribution in [1.82, 2.24) is 20.2 Å². The van der Waals surface area contributed by atoms with Crippen LogP contribution >= 0.6 is 11.3 Å². The summed E-state index contributed by atoms with van der Waals surface area (Å²) in [5.41, 5.74) is 5.58. The van der Waals surface area contributed by atoms with Crippen molar-refractivity contribution in [2.24, 2.45) is 0 Å². The maximum absolute atomic E-state index is 12.9. The number of aromatic nitrogens is 4. The van der Waals surface area contributed by atoms with E-state index in [0.717, 1.165) is 54.8 Å². The third kappa shape index (κ3) is 4.77. The molecule has 0 spiro atoms. The van der Waals surface area contributed by atoms with Gasteiger partial charge in [-0.3, -0.25) is 14.9 Å². The quantitative estimate of drug-likeness (QED) is 0.260. The monoisotopic (exact) mass is 501 g/mol. The van der Waals surface area contributed by atoms with E-state index in [1.807, 2.05) is 61.5 Å². The number of H-pyrrole nitrogens is 1. The summed E-state index contributed by atoms with van der Waals surface area (Å²) in [7, 11) is 0. The van der Waals surface area contributed by atoms with Gasteiger partial charge in [-0.15, -0.1) is 0 Å². The Kier molecular flexibility index (Phi) is 6.04. The molecule has 6 nitrogen and oxygen atoms in total. The summed E-state index contributed by atoms with van der Waals surface area (Å²) in [6, 6.07) is 26.2. The highest BCUT2D eigenvalue weighted by molar-refractivity contribution is 7.19. The maximum Gasteiger partial charge on any atom is 0.230 e. The molecule has 0 aliphatic rings. The fraction of sp³-hybridized carbons (Fsp3) is 0.0667. The lowest BCUT2D eigenvalue weighted by atomic mass is 10.0. The van der Waals surface area contributed by atoms with Gasteiger partial charge in [-0.1, -0.05) is 65.9 Å². The van der Waals surface area contributed by atoms with Crippen LogP contribution in [-0.2, 0) is 11.2 Å². The zero-order valence-corrected chi connectivity index (χ0v) is 20.9. The first-order valence-corrected chi connectivity index (χ1v) is 12.8. The van der Waals surface area contributed by atoms with Gasteiger partial charge in [0.25, 0.3) is 0 Å². The molecule has 3 aromatic heterocycles. The Morgan fingerprint density at radius 3 is 2.73 bits per heavy atom. The first kappa shape index (κ1) is 22.8. The second-order valence-electron chi connectivity index (χ2n) is 8.75. The summed E-state index contributed by atoms with van der Waals surface area (Å²) in [6.45, 7) is 1.96. The minimum absolute atomic E-state index is 0.0787. The molecule has 1 amide bonds. The zero-order valence-electron chi connectivity index (χ0n) is 20.1. The normalized spacial score (nSPS) is 11.5. The standard InChI is InChI=1S/C30H23N5OS/c1-19-29(22-12-14-25-26(34-35-27(25)17-22)15-13-23-10-4-5-16-31-23)37-30(32-19)33-28(36)18-21-9-6-8-20-7-2-3-11-24(20)21/h2-17H,18H2,1H3,(H,34,35)(H,32,33,36)/b15-13+. The lowest BCUT2D eigenvalue weighted by Crippen LogP contribution is -2.14. The number of hydrogen-bond donors (Lipinski definition) is 2. The Labute approximate surface area is 217 Å². The number of aryl methyl sites for hydroxylation is 1. The van der Waals surface area contributed by atoms with E-state index in [1.54, 1.807) is 6.20 Å². The summed E-state index contributed by atoms with van der Waals surface area (Å²) in [6.07, 6.45) is 5.98. The molecule has 0 aliphatic carbocycles. The number of fused-ring (bicyclic) bond motifs is 2. The molecule has 3 aromatic carbocycles. The molecule has 7 heteroatoms. The van der Waals surface area contributed by atoms with Crippen LogP contribution in [0.15, 0.2) is 85.1 Å². The SMILES string of the molecule is Cc1nc(NC(=O)Cc2cccc3ccccc23)sc1-c1ccc2c(/C=C/c3ccccn3)n[nH]c2c1. The third-order valence-corrected chi connectivity index (χ3v) is 7.35. The van der Waals surface area contributed by atoms with E-state index in [0.29, 0.717) is 11.6 Å². The van der Waals surface area contributed by atoms with Crippen molar-refractivity contribution >= 4 is 56.2 Å². The van der Waals surface area contributed by atoms with Gasteiger partial charge in [0.1, 0.15) is 0 Å². The molecule has 0 saturated heterocycles. The summed E-state index contributed by atoms with van der Waals surface area (Å²) < 4.78 is 0. The predicted molar refractivity (Wildman–Crippen MR) is 151 cm³/mol. The summed E-state index contributed by atoms with van der Waals surface area (Å²) in [5.74, 6) is -0.0787. The van der Waals surface area contributed by atoms with Crippen LogP contribution in [-0.4, -0.2) is 26.1 Å². The van der Waals surface area contributed by atoms with Crippen LogP contribution in [0.1, 0.15) is 22.6 Å². The highest BCUT2D eigenvalue weighted by Crippen LogP contribution is 2.35. The van der Waals surface area contributed by atoms with E-state index in [-0.39, 0.29) is 5.91 Å². The molecule has 3 heterocycles. The number of nitrogens with zero attached hydrogens (tertiary/aromatic N) is 3. The number of benzene rings is 3. The van der Waals surface area contributed by atoms with Gasteiger partial charge in [-0.25, -0.2) is 4.98 Å². The minimum atomic E-state index is -0.0787. The largest absolute Gasteiger partial charge is 0.302 e. The van der Waals surface area contributed by atoms with Crippen molar-refractivity contribution in [2.75, 3.05) is 5.32 Å². The van der Waals surface area contributed by atoms with Crippen LogP contribution in [0.25, 0.3) is 44.3 Å². The molecular weight excluding hydrogens is 478 g/mol. The van der Waals surface area contributed by atoms with Gasteiger partial charge >= 0.3 is 0 Å². The molecule has 0 bridgehead atoms. The van der Waals surface area contributed by atoms with Crippen molar-refractivity contribution in [3.05, 3.63) is 108 Å². The van der Waals surface area contributed by atoms with E-state index in [9.17, 15) is 4.79 Å². The lowest BCUT2D eigenvalue weighted by Gasteiger charge is -2.06. The molecule has 37 heavy (non-hydrogen) atoms. The third-order valence-electron chi connectivity index (χ3n) is 6.23. The van der Waals surface area contributed by atoms with Gasteiger partial charge in [0.15, 0.2) is 5.13 Å². The van der Waals surface area contributed by atoms with Crippen molar-refractivity contribution in [2.45, 2.75) is 13.3 Å². The van der Waals surface area contributed by atoms with E-state index in [4.69, 9.17) is 0 Å². The number of rotatable bonds is 6. The molecule has 0 aliphatic heterocycles. The molecule has 2 N–H and O–H groups in total. The fourth-order valence-corrected chi connectivity index (χ4v) is 5.43. The highest BCUT2D eigenvalue weighted by Gasteiger charge is 2.15. The van der Waals surface area contributed by atoms with Gasteiger partial charge in [0, 0.05) is 11.6 Å². The number of amides is 1. The smallest absolute Gasteiger partial charge is 0.230 e. The number of carbonyl (C=O) groups is 1. The van der Waals surface area contributed by atoms with Crippen LogP contribution in [0.4, 0.5) is 5.13 Å². The van der Waals surface area contributed by atoms with Crippen LogP contribution in [0, 0.1) is 6.92 Å². The summed E-state index contributed by atoms with van der Waals surface area (Å²) in [4.78, 5) is 22.8. The van der Waals surface area contributed by atoms with E-state index < -0.39 is 0 Å². The number of anilines is 1. The Balaban J connectivity index is 1.20. The van der Waals surface area contributed by atoms with Gasteiger partial charge in [-0.2, -0.15) is 5.10 Å². The molecular formula is C30H23N5OS. The number of hydrogen-bond acceptors (Lipinski definition) is 5. The van der Waals surface area contributed by atoms with Gasteiger partial charge < -0.3 is 5.32 Å². The molecule has 6 aromatic rings. The lowest BCUT2D eigenvalue weighted by molar-refractivity contribution is -0.115. The zero-order chi connectivity index (χ0) is 25.2. The number of nitrogens with one attached hydrogen (secondary N) is 2. The number of thiazole rings is 1. The van der Waals surface area contributed by atoms with Crippen molar-refractivity contribution < 1.29 is 4.79 Å². The Morgan fingerprint density at radius 1 is 0.973 bits per heavy atom. The number of carbonyl (C=O) groups excluding carboxylic acids is 1. The average Bonchev–Trinajstić information content (AvgIpc) is 3.50. The Hall–Kier alpha value is -4.62. The molecule has 0 saturated carbocycles. The first-order chi connectivity index (χ1) is 18.1. The molecule has 0 unspecified atom stereocenters. The molecule has 0 atom stereocenters.